The van der Waals surface area contributed by atoms with Crippen molar-refractivity contribution in [3.05, 3.63) is 47.8 Å². The van der Waals surface area contributed by atoms with E-state index in [1.54, 1.807) is 19.1 Å². The Balaban J connectivity index is 2.03. The number of hydrogen-bond donors (Lipinski definition) is 2. The molecule has 0 spiro atoms. The predicted molar refractivity (Wildman–Crippen MR) is 90.1 cm³/mol. The molecule has 0 saturated heterocycles. The van der Waals surface area contributed by atoms with Gasteiger partial charge in [0.25, 0.3) is 5.91 Å². The Morgan fingerprint density at radius 1 is 1.31 bits per heavy atom. The second-order valence-corrected chi connectivity index (χ2v) is 5.47. The molecule has 140 valence electrons. The zero-order chi connectivity index (χ0) is 19.2. The van der Waals surface area contributed by atoms with Crippen molar-refractivity contribution in [2.75, 3.05) is 18.5 Å². The molecule has 1 unspecified atom stereocenters. The van der Waals surface area contributed by atoms with Gasteiger partial charge in [-0.05, 0) is 37.6 Å². The molecule has 6 nitrogen and oxygen atoms in total. The Morgan fingerprint density at radius 2 is 2.08 bits per heavy atom. The molecule has 2 N–H and O–H groups in total. The number of alkyl halides is 3. The molecule has 1 heterocycles. The third-order valence-electron chi connectivity index (χ3n) is 3.33. The quantitative estimate of drug-likeness (QED) is 0.784. The Bertz CT molecular complexity index is 753. The highest BCUT2D eigenvalue weighted by atomic mass is 19.4. The summed E-state index contributed by atoms with van der Waals surface area (Å²) >= 11 is 0. The summed E-state index contributed by atoms with van der Waals surface area (Å²) in [5.41, 5.74) is 0.797. The lowest BCUT2D eigenvalue weighted by molar-refractivity contribution is -0.153. The fraction of sp³-hybridized carbons (Fsp3) is 0.353. The fourth-order valence-electron chi connectivity index (χ4n) is 2.12. The second kappa shape index (κ2) is 8.50. The van der Waals surface area contributed by atoms with Crippen LogP contribution < -0.4 is 15.4 Å². The molecule has 1 aromatic heterocycles. The molecule has 0 fully saturated rings. The SMILES string of the molecule is CCNc1nccc(C(=O)NC(C)c2cccc(OCC(F)(F)F)c2)n1. The van der Waals surface area contributed by atoms with Gasteiger partial charge in [0.2, 0.25) is 5.95 Å². The average Bonchev–Trinajstić information content (AvgIpc) is 2.60. The van der Waals surface area contributed by atoms with Gasteiger partial charge in [-0.25, -0.2) is 9.97 Å². The van der Waals surface area contributed by atoms with Crippen molar-refractivity contribution < 1.29 is 22.7 Å². The van der Waals surface area contributed by atoms with Crippen molar-refractivity contribution in [2.45, 2.75) is 26.1 Å². The van der Waals surface area contributed by atoms with Crippen molar-refractivity contribution in [3.63, 3.8) is 0 Å². The molecule has 2 rings (SSSR count). The fourth-order valence-corrected chi connectivity index (χ4v) is 2.12. The number of ether oxygens (including phenoxy) is 1. The van der Waals surface area contributed by atoms with Crippen LogP contribution in [0.4, 0.5) is 19.1 Å². The van der Waals surface area contributed by atoms with E-state index in [4.69, 9.17) is 4.74 Å². The lowest BCUT2D eigenvalue weighted by atomic mass is 10.1. The Morgan fingerprint density at radius 3 is 2.77 bits per heavy atom. The highest BCUT2D eigenvalue weighted by Gasteiger charge is 2.28. The van der Waals surface area contributed by atoms with Gasteiger partial charge in [0.15, 0.2) is 6.61 Å². The van der Waals surface area contributed by atoms with E-state index in [1.165, 1.54) is 24.4 Å². The van der Waals surface area contributed by atoms with Crippen molar-refractivity contribution in [1.82, 2.24) is 15.3 Å². The van der Waals surface area contributed by atoms with Gasteiger partial charge in [0.05, 0.1) is 6.04 Å². The van der Waals surface area contributed by atoms with Crippen LogP contribution in [0.25, 0.3) is 0 Å². The molecule has 1 aromatic carbocycles. The van der Waals surface area contributed by atoms with Crippen molar-refractivity contribution >= 4 is 11.9 Å². The molecule has 9 heteroatoms. The van der Waals surface area contributed by atoms with E-state index in [0.29, 0.717) is 18.1 Å². The van der Waals surface area contributed by atoms with E-state index in [9.17, 15) is 18.0 Å². The van der Waals surface area contributed by atoms with E-state index in [1.807, 2.05) is 6.92 Å². The molecule has 1 atom stereocenters. The number of rotatable bonds is 7. The predicted octanol–water partition coefficient (Wildman–Crippen LogP) is 3.34. The Hall–Kier alpha value is -2.84. The maximum Gasteiger partial charge on any atom is 0.422 e. The summed E-state index contributed by atoms with van der Waals surface area (Å²) in [6.45, 7) is 2.84. The number of benzene rings is 1. The second-order valence-electron chi connectivity index (χ2n) is 5.47. The molecule has 2 aromatic rings. The first kappa shape index (κ1) is 19.5. The zero-order valence-corrected chi connectivity index (χ0v) is 14.3. The molecule has 0 aliphatic carbocycles. The maximum absolute atomic E-state index is 12.3. The standard InChI is InChI=1S/C17H19F3N4O2/c1-3-21-16-22-8-7-14(24-16)15(25)23-11(2)12-5-4-6-13(9-12)26-10-17(18,19)20/h4-9,11H,3,10H2,1-2H3,(H,23,25)(H,21,22,24). The first-order valence-electron chi connectivity index (χ1n) is 7.96. The number of hydrogen-bond acceptors (Lipinski definition) is 5. The number of aromatic nitrogens is 2. The minimum absolute atomic E-state index is 0.0809. The molecule has 0 bridgehead atoms. The largest absolute Gasteiger partial charge is 0.484 e. The van der Waals surface area contributed by atoms with E-state index in [0.717, 1.165) is 0 Å². The minimum Gasteiger partial charge on any atom is -0.484 e. The summed E-state index contributed by atoms with van der Waals surface area (Å²) in [6, 6.07) is 7.17. The van der Waals surface area contributed by atoms with Crippen molar-refractivity contribution in [2.24, 2.45) is 0 Å². The van der Waals surface area contributed by atoms with Gasteiger partial charge in [0, 0.05) is 12.7 Å². The summed E-state index contributed by atoms with van der Waals surface area (Å²) in [4.78, 5) is 20.4. The van der Waals surface area contributed by atoms with Crippen LogP contribution in [0.5, 0.6) is 5.75 Å². The summed E-state index contributed by atoms with van der Waals surface area (Å²) in [5.74, 6) is 0.00779. The topological polar surface area (TPSA) is 76.1 Å². The van der Waals surface area contributed by atoms with Gasteiger partial charge in [-0.3, -0.25) is 4.79 Å². The molecule has 26 heavy (non-hydrogen) atoms. The normalized spacial score (nSPS) is 12.3. The molecular formula is C17H19F3N4O2. The first-order chi connectivity index (χ1) is 12.3. The first-order valence-corrected chi connectivity index (χ1v) is 7.96. The number of carbonyl (C=O) groups is 1. The number of amides is 1. The number of nitrogens with one attached hydrogen (secondary N) is 2. The van der Waals surface area contributed by atoms with Gasteiger partial charge in [-0.1, -0.05) is 12.1 Å². The number of carbonyl (C=O) groups excluding carboxylic acids is 1. The van der Waals surface area contributed by atoms with Crippen LogP contribution in [-0.2, 0) is 0 Å². The maximum atomic E-state index is 12.3. The third-order valence-corrected chi connectivity index (χ3v) is 3.33. The van der Waals surface area contributed by atoms with Crippen LogP contribution in [0.3, 0.4) is 0 Å². The average molecular weight is 368 g/mol. The van der Waals surface area contributed by atoms with E-state index in [-0.39, 0.29) is 11.4 Å². The number of halogens is 3. The highest BCUT2D eigenvalue weighted by Crippen LogP contribution is 2.22. The number of nitrogens with zero attached hydrogens (tertiary/aromatic N) is 2. The van der Waals surface area contributed by atoms with Gasteiger partial charge in [-0.2, -0.15) is 13.2 Å². The Labute approximate surface area is 148 Å². The monoisotopic (exact) mass is 368 g/mol. The van der Waals surface area contributed by atoms with Crippen LogP contribution in [-0.4, -0.2) is 35.2 Å². The highest BCUT2D eigenvalue weighted by molar-refractivity contribution is 5.92. The summed E-state index contributed by atoms with van der Waals surface area (Å²) in [6.07, 6.45) is -2.94. The van der Waals surface area contributed by atoms with E-state index >= 15 is 0 Å². The molecule has 0 aliphatic rings. The molecule has 0 aliphatic heterocycles. The molecular weight excluding hydrogens is 349 g/mol. The lowest BCUT2D eigenvalue weighted by Gasteiger charge is -2.16. The van der Waals surface area contributed by atoms with E-state index < -0.39 is 24.7 Å². The molecule has 0 radical (unpaired) electrons. The van der Waals surface area contributed by atoms with Crippen molar-refractivity contribution in [3.8, 4) is 5.75 Å². The van der Waals surface area contributed by atoms with Gasteiger partial charge < -0.3 is 15.4 Å². The zero-order valence-electron chi connectivity index (χ0n) is 14.3. The van der Waals surface area contributed by atoms with Gasteiger partial charge in [-0.15, -0.1) is 0 Å². The van der Waals surface area contributed by atoms with Gasteiger partial charge >= 0.3 is 6.18 Å². The van der Waals surface area contributed by atoms with Crippen LogP contribution >= 0.6 is 0 Å². The van der Waals surface area contributed by atoms with Crippen LogP contribution in [0, 0.1) is 0 Å². The lowest BCUT2D eigenvalue weighted by Crippen LogP contribution is -2.27. The molecule has 0 saturated carbocycles. The van der Waals surface area contributed by atoms with Gasteiger partial charge in [0.1, 0.15) is 11.4 Å². The van der Waals surface area contributed by atoms with Crippen LogP contribution in [0.1, 0.15) is 35.9 Å². The smallest absolute Gasteiger partial charge is 0.422 e. The van der Waals surface area contributed by atoms with Crippen LogP contribution in [0.15, 0.2) is 36.5 Å². The Kier molecular flexibility index (Phi) is 6.37. The van der Waals surface area contributed by atoms with Crippen LogP contribution in [0.2, 0.25) is 0 Å². The summed E-state index contributed by atoms with van der Waals surface area (Å²) < 4.78 is 41.5. The third kappa shape index (κ3) is 5.91. The van der Waals surface area contributed by atoms with Crippen molar-refractivity contribution in [1.29, 1.82) is 0 Å². The molecule has 1 amide bonds. The minimum atomic E-state index is -4.41. The summed E-state index contributed by atoms with van der Waals surface area (Å²) in [7, 11) is 0. The van der Waals surface area contributed by atoms with E-state index in [2.05, 4.69) is 20.6 Å². The number of anilines is 1. The summed E-state index contributed by atoms with van der Waals surface area (Å²) in [5, 5.41) is 5.66.